The van der Waals surface area contributed by atoms with Crippen molar-refractivity contribution < 1.29 is 4.79 Å². The third kappa shape index (κ3) is 2.47. The van der Waals surface area contributed by atoms with E-state index in [1.807, 2.05) is 0 Å². The second-order valence-electron chi connectivity index (χ2n) is 5.38. The highest BCUT2D eigenvalue weighted by molar-refractivity contribution is 5.93. The van der Waals surface area contributed by atoms with Gasteiger partial charge in [-0.2, -0.15) is 0 Å². The van der Waals surface area contributed by atoms with E-state index >= 15 is 0 Å². The first-order valence-corrected chi connectivity index (χ1v) is 6.52. The molecule has 1 amide bonds. The van der Waals surface area contributed by atoms with Crippen LogP contribution in [0.25, 0.3) is 0 Å². The Morgan fingerprint density at radius 1 is 1.44 bits per heavy atom. The van der Waals surface area contributed by atoms with Crippen LogP contribution in [0.2, 0.25) is 0 Å². The fraction of sp³-hybridized carbons (Fsp3) is 0.571. The average Bonchev–Trinajstić information content (AvgIpc) is 2.39. The number of carbonyl (C=O) groups is 1. The van der Waals surface area contributed by atoms with Crippen molar-refractivity contribution in [3.05, 3.63) is 34.2 Å². The summed E-state index contributed by atoms with van der Waals surface area (Å²) < 4.78 is 0. The van der Waals surface area contributed by atoms with E-state index in [4.69, 9.17) is 0 Å². The third-order valence-electron chi connectivity index (χ3n) is 4.17. The Bertz CT molecular complexity index is 485. The summed E-state index contributed by atoms with van der Waals surface area (Å²) in [6.45, 7) is 5.96. The number of amides is 1. The maximum Gasteiger partial charge on any atom is 0.259 e. The maximum absolute atomic E-state index is 12.2. The Morgan fingerprint density at radius 2 is 2.11 bits per heavy atom. The highest BCUT2D eigenvalue weighted by atomic mass is 16.2. The molecule has 0 unspecified atom stereocenters. The molecule has 1 fully saturated rings. The number of carbonyl (C=O) groups excluding carboxylic acids is 1. The summed E-state index contributed by atoms with van der Waals surface area (Å²) in [5.41, 5.74) is 0.389. The minimum Gasteiger partial charge on any atom is -0.367 e. The van der Waals surface area contributed by atoms with Crippen LogP contribution in [0.4, 0.5) is 0 Å². The number of nitrogens with one attached hydrogen (secondary N) is 1. The van der Waals surface area contributed by atoms with Gasteiger partial charge in [0.25, 0.3) is 5.91 Å². The van der Waals surface area contributed by atoms with Crippen molar-refractivity contribution in [2.45, 2.75) is 33.1 Å². The molecule has 4 nitrogen and oxygen atoms in total. The van der Waals surface area contributed by atoms with Gasteiger partial charge in [-0.3, -0.25) is 9.59 Å². The van der Waals surface area contributed by atoms with Gasteiger partial charge in [0.1, 0.15) is 5.56 Å². The molecule has 0 spiro atoms. The monoisotopic (exact) mass is 248 g/mol. The fourth-order valence-corrected chi connectivity index (χ4v) is 2.36. The molecule has 0 bridgehead atoms. The Morgan fingerprint density at radius 3 is 2.67 bits per heavy atom. The molecule has 1 N–H and O–H groups in total. The Labute approximate surface area is 107 Å². The highest BCUT2D eigenvalue weighted by Gasteiger charge is 2.31. The van der Waals surface area contributed by atoms with E-state index in [2.05, 4.69) is 18.8 Å². The Kier molecular flexibility index (Phi) is 3.55. The molecule has 98 valence electrons. The molecule has 0 saturated carbocycles. The van der Waals surface area contributed by atoms with Gasteiger partial charge in [0.15, 0.2) is 5.43 Å². The second-order valence-corrected chi connectivity index (χ2v) is 5.38. The van der Waals surface area contributed by atoms with Crippen molar-refractivity contribution in [3.8, 4) is 0 Å². The first-order valence-electron chi connectivity index (χ1n) is 6.52. The molecule has 0 aliphatic carbocycles. The number of piperidine rings is 1. The summed E-state index contributed by atoms with van der Waals surface area (Å²) in [6, 6.07) is 1.40. The minimum absolute atomic E-state index is 0.144. The standard InChI is InChI=1S/C14H20N2O2/c1-3-14(2)5-8-16(9-6-14)13(18)11-10-15-7-4-12(11)17/h4,7,10H,3,5-6,8-9H2,1-2H3,(H,15,17). The van der Waals surface area contributed by atoms with E-state index in [0.717, 1.165) is 32.4 Å². The first kappa shape index (κ1) is 12.9. The van der Waals surface area contributed by atoms with Gasteiger partial charge in [0.2, 0.25) is 0 Å². The second kappa shape index (κ2) is 4.96. The van der Waals surface area contributed by atoms with Gasteiger partial charge in [0, 0.05) is 31.5 Å². The van der Waals surface area contributed by atoms with Crippen LogP contribution in [-0.4, -0.2) is 28.9 Å². The summed E-state index contributed by atoms with van der Waals surface area (Å²) in [7, 11) is 0. The number of H-pyrrole nitrogens is 1. The van der Waals surface area contributed by atoms with Crippen LogP contribution < -0.4 is 5.43 Å². The van der Waals surface area contributed by atoms with Gasteiger partial charge in [-0.25, -0.2) is 0 Å². The van der Waals surface area contributed by atoms with Crippen LogP contribution in [0, 0.1) is 5.41 Å². The SMILES string of the molecule is CCC1(C)CCN(C(=O)c2c[nH]ccc2=O)CC1. The lowest BCUT2D eigenvalue weighted by molar-refractivity contribution is 0.0598. The number of aromatic nitrogens is 1. The molecule has 1 aromatic rings. The van der Waals surface area contributed by atoms with Gasteiger partial charge in [0.05, 0.1) is 0 Å². The van der Waals surface area contributed by atoms with Crippen molar-refractivity contribution in [1.29, 1.82) is 0 Å². The van der Waals surface area contributed by atoms with Crippen molar-refractivity contribution in [2.75, 3.05) is 13.1 Å². The number of hydrogen-bond donors (Lipinski definition) is 1. The number of nitrogens with zero attached hydrogens (tertiary/aromatic N) is 1. The van der Waals surface area contributed by atoms with Crippen molar-refractivity contribution >= 4 is 5.91 Å². The summed E-state index contributed by atoms with van der Waals surface area (Å²) in [5.74, 6) is -0.144. The van der Waals surface area contributed by atoms with Crippen LogP contribution in [0.5, 0.6) is 0 Å². The molecule has 1 saturated heterocycles. The largest absolute Gasteiger partial charge is 0.367 e. The summed E-state index contributed by atoms with van der Waals surface area (Å²) >= 11 is 0. The highest BCUT2D eigenvalue weighted by Crippen LogP contribution is 2.34. The molecule has 0 atom stereocenters. The van der Waals surface area contributed by atoms with E-state index in [0.29, 0.717) is 5.41 Å². The van der Waals surface area contributed by atoms with E-state index < -0.39 is 0 Å². The Hall–Kier alpha value is -1.58. The van der Waals surface area contributed by atoms with Gasteiger partial charge >= 0.3 is 0 Å². The van der Waals surface area contributed by atoms with E-state index in [-0.39, 0.29) is 16.9 Å². The fourth-order valence-electron chi connectivity index (χ4n) is 2.36. The lowest BCUT2D eigenvalue weighted by Crippen LogP contribution is -2.43. The molecule has 0 radical (unpaired) electrons. The summed E-state index contributed by atoms with van der Waals surface area (Å²) in [4.78, 5) is 28.4. The van der Waals surface area contributed by atoms with Crippen LogP contribution in [-0.2, 0) is 0 Å². The van der Waals surface area contributed by atoms with Crippen LogP contribution in [0.3, 0.4) is 0 Å². The zero-order valence-electron chi connectivity index (χ0n) is 11.0. The van der Waals surface area contributed by atoms with Crippen molar-refractivity contribution in [2.24, 2.45) is 5.41 Å². The predicted molar refractivity (Wildman–Crippen MR) is 70.6 cm³/mol. The molecule has 1 aliphatic rings. The van der Waals surface area contributed by atoms with Gasteiger partial charge in [-0.15, -0.1) is 0 Å². The Balaban J connectivity index is 2.09. The van der Waals surface area contributed by atoms with E-state index in [1.54, 1.807) is 11.1 Å². The zero-order chi connectivity index (χ0) is 13.2. The molecule has 2 rings (SSSR count). The van der Waals surface area contributed by atoms with Crippen LogP contribution in [0.15, 0.2) is 23.3 Å². The molecule has 1 aliphatic heterocycles. The number of rotatable bonds is 2. The lowest BCUT2D eigenvalue weighted by Gasteiger charge is -2.38. The average molecular weight is 248 g/mol. The number of likely N-dealkylation sites (tertiary alicyclic amines) is 1. The maximum atomic E-state index is 12.2. The molecule has 4 heteroatoms. The quantitative estimate of drug-likeness (QED) is 0.870. The van der Waals surface area contributed by atoms with Crippen molar-refractivity contribution in [1.82, 2.24) is 9.88 Å². The van der Waals surface area contributed by atoms with Gasteiger partial charge in [-0.05, 0) is 18.3 Å². The van der Waals surface area contributed by atoms with Crippen LogP contribution >= 0.6 is 0 Å². The first-order chi connectivity index (χ1) is 8.56. The summed E-state index contributed by atoms with van der Waals surface area (Å²) in [5, 5.41) is 0. The smallest absolute Gasteiger partial charge is 0.259 e. The molecule has 2 heterocycles. The lowest BCUT2D eigenvalue weighted by atomic mass is 9.78. The molecule has 1 aromatic heterocycles. The van der Waals surface area contributed by atoms with Crippen molar-refractivity contribution in [3.63, 3.8) is 0 Å². The number of pyridine rings is 1. The predicted octanol–water partition coefficient (Wildman–Crippen LogP) is 2.03. The topological polar surface area (TPSA) is 53.2 Å². The molecular weight excluding hydrogens is 228 g/mol. The summed E-state index contributed by atoms with van der Waals surface area (Å²) in [6.07, 6.45) is 6.21. The van der Waals surface area contributed by atoms with Crippen LogP contribution in [0.1, 0.15) is 43.5 Å². The zero-order valence-corrected chi connectivity index (χ0v) is 11.0. The molecule has 18 heavy (non-hydrogen) atoms. The number of hydrogen-bond acceptors (Lipinski definition) is 2. The van der Waals surface area contributed by atoms with Gasteiger partial charge < -0.3 is 9.88 Å². The minimum atomic E-state index is -0.206. The number of aromatic amines is 1. The normalized spacial score (nSPS) is 18.7. The van der Waals surface area contributed by atoms with E-state index in [1.165, 1.54) is 12.3 Å². The molecular formula is C14H20N2O2. The molecule has 0 aromatic carbocycles. The van der Waals surface area contributed by atoms with E-state index in [9.17, 15) is 9.59 Å². The van der Waals surface area contributed by atoms with Gasteiger partial charge in [-0.1, -0.05) is 20.3 Å². The third-order valence-corrected chi connectivity index (χ3v) is 4.17.